The largest absolute Gasteiger partial charge is 0.478 e. The fourth-order valence-electron chi connectivity index (χ4n) is 1.89. The molecule has 2 N–H and O–H groups in total. The molecule has 0 bridgehead atoms. The quantitative estimate of drug-likeness (QED) is 0.643. The molecule has 0 saturated carbocycles. The van der Waals surface area contributed by atoms with Gasteiger partial charge in [-0.3, -0.25) is 4.90 Å². The number of rotatable bonds is 3. The lowest BCUT2D eigenvalue weighted by Crippen LogP contribution is -2.43. The maximum absolute atomic E-state index is 10.5. The molecule has 1 rings (SSSR count). The minimum Gasteiger partial charge on any atom is -0.478 e. The number of aliphatic hydroxyl groups excluding tert-OH is 1. The minimum absolute atomic E-state index is 0.186. The Labute approximate surface area is 83.8 Å². The van der Waals surface area contributed by atoms with Gasteiger partial charge < -0.3 is 10.2 Å². The molecule has 0 spiro atoms. The number of likely N-dealkylation sites (tertiary alicyclic amines) is 1. The molecule has 14 heavy (non-hydrogen) atoms. The zero-order chi connectivity index (χ0) is 10.7. The molecule has 1 aliphatic heterocycles. The van der Waals surface area contributed by atoms with E-state index in [4.69, 9.17) is 5.11 Å². The topological polar surface area (TPSA) is 60.8 Å². The van der Waals surface area contributed by atoms with E-state index in [9.17, 15) is 9.90 Å². The monoisotopic (exact) mass is 199 g/mol. The van der Waals surface area contributed by atoms with E-state index in [1.807, 2.05) is 4.90 Å². The number of carboxylic acid groups (broad SMARTS) is 1. The van der Waals surface area contributed by atoms with Crippen LogP contribution in [-0.4, -0.2) is 46.8 Å². The summed E-state index contributed by atoms with van der Waals surface area (Å²) in [4.78, 5) is 12.5. The van der Waals surface area contributed by atoms with Gasteiger partial charge in [-0.05, 0) is 12.3 Å². The highest BCUT2D eigenvalue weighted by molar-refractivity contribution is 5.86. The number of carboxylic acids is 1. The Hall–Kier alpha value is -0.870. The van der Waals surface area contributed by atoms with Gasteiger partial charge in [-0.2, -0.15) is 0 Å². The SMILES string of the molecule is C=C(CN1C[C@H](C)C[C@H](O)C1)C(=O)O. The lowest BCUT2D eigenvalue weighted by molar-refractivity contribution is -0.133. The molecule has 80 valence electrons. The molecule has 0 amide bonds. The van der Waals surface area contributed by atoms with E-state index >= 15 is 0 Å². The highest BCUT2D eigenvalue weighted by atomic mass is 16.4. The molecule has 0 unspecified atom stereocenters. The highest BCUT2D eigenvalue weighted by Crippen LogP contribution is 2.16. The van der Waals surface area contributed by atoms with Crippen LogP contribution in [0.1, 0.15) is 13.3 Å². The van der Waals surface area contributed by atoms with E-state index < -0.39 is 5.97 Å². The second-order valence-corrected chi connectivity index (χ2v) is 4.10. The van der Waals surface area contributed by atoms with E-state index in [1.54, 1.807) is 0 Å². The molecule has 4 heteroatoms. The molecule has 1 saturated heterocycles. The van der Waals surface area contributed by atoms with Gasteiger partial charge in [0.05, 0.1) is 6.10 Å². The van der Waals surface area contributed by atoms with Crippen LogP contribution in [0.2, 0.25) is 0 Å². The Kier molecular flexibility index (Phi) is 3.66. The number of hydrogen-bond donors (Lipinski definition) is 2. The zero-order valence-electron chi connectivity index (χ0n) is 8.44. The standard InChI is InChI=1S/C10H17NO3/c1-7-3-9(12)6-11(4-7)5-8(2)10(13)14/h7,9,12H,2-6H2,1H3,(H,13,14)/t7-,9+/m1/s1. The van der Waals surface area contributed by atoms with Gasteiger partial charge in [0, 0.05) is 25.2 Å². The van der Waals surface area contributed by atoms with Crippen molar-refractivity contribution < 1.29 is 15.0 Å². The number of β-amino-alcohol motifs (C(OH)–C–C–N with tert-alkyl or cyclic N) is 1. The van der Waals surface area contributed by atoms with E-state index in [0.29, 0.717) is 19.0 Å². The Morgan fingerprint density at radius 1 is 1.57 bits per heavy atom. The Morgan fingerprint density at radius 3 is 2.71 bits per heavy atom. The van der Waals surface area contributed by atoms with Crippen LogP contribution in [0.15, 0.2) is 12.2 Å². The summed E-state index contributed by atoms with van der Waals surface area (Å²) in [6.45, 7) is 7.26. The van der Waals surface area contributed by atoms with Crippen molar-refractivity contribution in [1.29, 1.82) is 0 Å². The second kappa shape index (κ2) is 4.57. The first-order chi connectivity index (χ1) is 6.49. The number of nitrogens with zero attached hydrogens (tertiary/aromatic N) is 1. The molecule has 2 atom stereocenters. The predicted molar refractivity (Wildman–Crippen MR) is 53.0 cm³/mol. The zero-order valence-corrected chi connectivity index (χ0v) is 8.44. The lowest BCUT2D eigenvalue weighted by Gasteiger charge is -2.33. The summed E-state index contributed by atoms with van der Waals surface area (Å²) in [5.41, 5.74) is 0.186. The summed E-state index contributed by atoms with van der Waals surface area (Å²) < 4.78 is 0. The van der Waals surface area contributed by atoms with E-state index in [2.05, 4.69) is 13.5 Å². The van der Waals surface area contributed by atoms with Crippen LogP contribution in [-0.2, 0) is 4.79 Å². The third-order valence-electron chi connectivity index (χ3n) is 2.43. The van der Waals surface area contributed by atoms with Crippen molar-refractivity contribution in [2.75, 3.05) is 19.6 Å². The third-order valence-corrected chi connectivity index (χ3v) is 2.43. The number of carbonyl (C=O) groups is 1. The Bertz CT molecular complexity index is 230. The number of aliphatic carboxylic acids is 1. The fraction of sp³-hybridized carbons (Fsp3) is 0.700. The van der Waals surface area contributed by atoms with Crippen LogP contribution >= 0.6 is 0 Å². The first-order valence-electron chi connectivity index (χ1n) is 4.80. The Morgan fingerprint density at radius 2 is 2.21 bits per heavy atom. The van der Waals surface area contributed by atoms with Crippen molar-refractivity contribution in [1.82, 2.24) is 4.90 Å². The van der Waals surface area contributed by atoms with Gasteiger partial charge in [0.2, 0.25) is 0 Å². The van der Waals surface area contributed by atoms with Crippen molar-refractivity contribution in [3.05, 3.63) is 12.2 Å². The van der Waals surface area contributed by atoms with Gasteiger partial charge in [-0.25, -0.2) is 4.79 Å². The van der Waals surface area contributed by atoms with Crippen LogP contribution in [0.3, 0.4) is 0 Å². The fourth-order valence-corrected chi connectivity index (χ4v) is 1.89. The second-order valence-electron chi connectivity index (χ2n) is 4.10. The van der Waals surface area contributed by atoms with Crippen LogP contribution in [0.25, 0.3) is 0 Å². The minimum atomic E-state index is -0.960. The number of piperidine rings is 1. The van der Waals surface area contributed by atoms with Crippen molar-refractivity contribution in [2.45, 2.75) is 19.4 Å². The first kappa shape index (κ1) is 11.2. The predicted octanol–water partition coefficient (Wildman–Crippen LogP) is 0.330. The smallest absolute Gasteiger partial charge is 0.332 e. The molecule has 0 radical (unpaired) electrons. The average Bonchev–Trinajstić information content (AvgIpc) is 2.01. The molecule has 0 aromatic rings. The molecular weight excluding hydrogens is 182 g/mol. The maximum atomic E-state index is 10.5. The van der Waals surface area contributed by atoms with Crippen LogP contribution in [0.4, 0.5) is 0 Å². The number of hydrogen-bond acceptors (Lipinski definition) is 3. The van der Waals surface area contributed by atoms with Crippen molar-refractivity contribution in [3.63, 3.8) is 0 Å². The number of aliphatic hydroxyl groups is 1. The van der Waals surface area contributed by atoms with Crippen molar-refractivity contribution >= 4 is 5.97 Å². The van der Waals surface area contributed by atoms with Gasteiger partial charge >= 0.3 is 5.97 Å². The molecule has 0 aliphatic carbocycles. The summed E-state index contributed by atoms with van der Waals surface area (Å²) in [6, 6.07) is 0. The molecule has 1 fully saturated rings. The van der Waals surface area contributed by atoms with Crippen LogP contribution in [0.5, 0.6) is 0 Å². The normalized spacial score (nSPS) is 28.7. The van der Waals surface area contributed by atoms with Crippen molar-refractivity contribution in [2.24, 2.45) is 5.92 Å². The molecule has 0 aromatic heterocycles. The van der Waals surface area contributed by atoms with Gasteiger partial charge in [0.25, 0.3) is 0 Å². The summed E-state index contributed by atoms with van der Waals surface area (Å²) in [6.07, 6.45) is 0.469. The van der Waals surface area contributed by atoms with E-state index in [1.165, 1.54) is 0 Å². The van der Waals surface area contributed by atoms with Gasteiger partial charge in [-0.1, -0.05) is 13.5 Å². The van der Waals surface area contributed by atoms with Crippen molar-refractivity contribution in [3.8, 4) is 0 Å². The average molecular weight is 199 g/mol. The molecular formula is C10H17NO3. The molecule has 1 aliphatic rings. The van der Waals surface area contributed by atoms with Crippen LogP contribution < -0.4 is 0 Å². The summed E-state index contributed by atoms with van der Waals surface area (Å²) in [7, 11) is 0. The van der Waals surface area contributed by atoms with Gasteiger partial charge in [-0.15, -0.1) is 0 Å². The lowest BCUT2D eigenvalue weighted by atomic mass is 9.97. The summed E-state index contributed by atoms with van der Waals surface area (Å²) in [5.74, 6) is -0.543. The molecule has 4 nitrogen and oxygen atoms in total. The Balaban J connectivity index is 2.44. The first-order valence-corrected chi connectivity index (χ1v) is 4.80. The van der Waals surface area contributed by atoms with E-state index in [0.717, 1.165) is 13.0 Å². The summed E-state index contributed by atoms with van der Waals surface area (Å²) >= 11 is 0. The molecule has 1 heterocycles. The maximum Gasteiger partial charge on any atom is 0.332 e. The summed E-state index contributed by atoms with van der Waals surface area (Å²) in [5, 5.41) is 18.1. The molecule has 0 aromatic carbocycles. The highest BCUT2D eigenvalue weighted by Gasteiger charge is 2.24. The van der Waals surface area contributed by atoms with Gasteiger partial charge in [0.1, 0.15) is 0 Å². The van der Waals surface area contributed by atoms with Crippen LogP contribution in [0, 0.1) is 5.92 Å². The van der Waals surface area contributed by atoms with Gasteiger partial charge in [0.15, 0.2) is 0 Å². The third kappa shape index (κ3) is 3.12. The van der Waals surface area contributed by atoms with E-state index in [-0.39, 0.29) is 11.7 Å².